The van der Waals surface area contributed by atoms with Crippen molar-refractivity contribution in [3.8, 4) is 5.75 Å². The molecule has 0 N–H and O–H groups in total. The predicted molar refractivity (Wildman–Crippen MR) is 155 cm³/mol. The van der Waals surface area contributed by atoms with Crippen LogP contribution < -0.4 is 4.74 Å². The van der Waals surface area contributed by atoms with Gasteiger partial charge in [-0.3, -0.25) is 9.59 Å². The van der Waals surface area contributed by atoms with Crippen molar-refractivity contribution >= 4 is 24.2 Å². The van der Waals surface area contributed by atoms with Crippen molar-refractivity contribution < 1.29 is 23.1 Å². The van der Waals surface area contributed by atoms with Crippen LogP contribution in [0.4, 0.5) is 8.78 Å². The molecule has 2 aromatic carbocycles. The van der Waals surface area contributed by atoms with Crippen LogP contribution in [0.15, 0.2) is 54.6 Å². The van der Waals surface area contributed by atoms with Crippen molar-refractivity contribution in [3.05, 3.63) is 65.7 Å². The summed E-state index contributed by atoms with van der Waals surface area (Å²) in [5, 5.41) is 0. The molecule has 2 amide bonds. The van der Waals surface area contributed by atoms with Gasteiger partial charge < -0.3 is 19.4 Å². The van der Waals surface area contributed by atoms with Gasteiger partial charge in [0.2, 0.25) is 11.8 Å². The van der Waals surface area contributed by atoms with Gasteiger partial charge in [0.05, 0.1) is 5.41 Å². The van der Waals surface area contributed by atoms with Gasteiger partial charge in [-0.1, -0.05) is 42.5 Å². The summed E-state index contributed by atoms with van der Waals surface area (Å²) in [6.45, 7) is 2.74. The highest BCUT2D eigenvalue weighted by Crippen LogP contribution is 2.43. The van der Waals surface area contributed by atoms with E-state index in [1.54, 1.807) is 12.1 Å². The molecule has 3 heterocycles. The van der Waals surface area contributed by atoms with Crippen LogP contribution in [-0.2, 0) is 16.1 Å². The molecule has 0 aromatic heterocycles. The lowest BCUT2D eigenvalue weighted by Crippen LogP contribution is -2.46. The van der Waals surface area contributed by atoms with Crippen molar-refractivity contribution in [2.45, 2.75) is 57.6 Å². The Kier molecular flexibility index (Phi) is 9.19. The minimum Gasteiger partial charge on any atom is -0.435 e. The monoisotopic (exact) mass is 587 g/mol. The minimum atomic E-state index is -2.84. The molecule has 3 saturated heterocycles. The zero-order valence-electron chi connectivity index (χ0n) is 23.4. The number of halogens is 3. The number of ether oxygens (including phenoxy) is 1. The highest BCUT2D eigenvalue weighted by molar-refractivity contribution is 5.85. The minimum absolute atomic E-state index is 0. The number of hydrogen-bond donors (Lipinski definition) is 0. The molecule has 4 aliphatic rings. The molecule has 9 heteroatoms. The Hall–Kier alpha value is -2.71. The standard InChI is InChI=1S/C32H39F2N3O3.ClH/c33-31(34)40-27-10-8-24(9-11-27)19-36-17-14-32(30(36)39)12-15-35(16-13-32)20-26-21-37(29(38)18-23-6-7-23)22-28(26)25-4-2-1-3-5-25;/h1-5,8-11,23,26,28,31H,6-7,12-22H2;1H. The maximum absolute atomic E-state index is 13.5. The Bertz CT molecular complexity index is 1190. The molecule has 0 radical (unpaired) electrons. The molecule has 4 fully saturated rings. The van der Waals surface area contributed by atoms with E-state index in [1.807, 2.05) is 11.0 Å². The lowest BCUT2D eigenvalue weighted by atomic mass is 9.76. The molecule has 1 spiro atoms. The highest BCUT2D eigenvalue weighted by Gasteiger charge is 2.48. The summed E-state index contributed by atoms with van der Waals surface area (Å²) in [6.07, 6.45) is 5.67. The second-order valence-corrected chi connectivity index (χ2v) is 12.3. The largest absolute Gasteiger partial charge is 0.435 e. The number of carbonyl (C=O) groups is 2. The van der Waals surface area contributed by atoms with Gasteiger partial charge in [0.1, 0.15) is 5.75 Å². The van der Waals surface area contributed by atoms with E-state index in [-0.39, 0.29) is 29.5 Å². The molecule has 222 valence electrons. The summed E-state index contributed by atoms with van der Waals surface area (Å²) in [7, 11) is 0. The summed E-state index contributed by atoms with van der Waals surface area (Å²) in [6, 6.07) is 17.2. The number of likely N-dealkylation sites (tertiary alicyclic amines) is 3. The van der Waals surface area contributed by atoms with Crippen LogP contribution >= 0.6 is 12.4 Å². The summed E-state index contributed by atoms with van der Waals surface area (Å²) >= 11 is 0. The van der Waals surface area contributed by atoms with Crippen LogP contribution in [-0.4, -0.2) is 72.4 Å². The molecule has 2 unspecified atom stereocenters. The number of hydrogen-bond acceptors (Lipinski definition) is 4. The van der Waals surface area contributed by atoms with E-state index in [1.165, 1.54) is 30.5 Å². The first-order valence-electron chi connectivity index (χ1n) is 14.8. The predicted octanol–water partition coefficient (Wildman–Crippen LogP) is 5.57. The molecular formula is C32H40ClF2N3O3. The second kappa shape index (κ2) is 12.7. The van der Waals surface area contributed by atoms with E-state index >= 15 is 0 Å². The fourth-order valence-corrected chi connectivity index (χ4v) is 7.04. The van der Waals surface area contributed by atoms with Crippen LogP contribution in [0.5, 0.6) is 5.75 Å². The van der Waals surface area contributed by atoms with E-state index in [0.717, 1.165) is 64.1 Å². The number of carbonyl (C=O) groups excluding carboxylic acids is 2. The first kappa shape index (κ1) is 29.8. The summed E-state index contributed by atoms with van der Waals surface area (Å²) < 4.78 is 29.3. The zero-order valence-corrected chi connectivity index (χ0v) is 24.2. The van der Waals surface area contributed by atoms with Crippen LogP contribution in [0.25, 0.3) is 0 Å². The smallest absolute Gasteiger partial charge is 0.387 e. The molecule has 3 aliphatic heterocycles. The normalized spacial score (nSPS) is 24.2. The van der Waals surface area contributed by atoms with Crippen LogP contribution in [0, 0.1) is 17.3 Å². The highest BCUT2D eigenvalue weighted by atomic mass is 35.5. The second-order valence-electron chi connectivity index (χ2n) is 12.3. The molecule has 0 bridgehead atoms. The molecule has 41 heavy (non-hydrogen) atoms. The van der Waals surface area contributed by atoms with Gasteiger partial charge in [0.25, 0.3) is 0 Å². The molecule has 1 saturated carbocycles. The van der Waals surface area contributed by atoms with E-state index in [9.17, 15) is 18.4 Å². The number of alkyl halides is 2. The number of amides is 2. The number of rotatable bonds is 9. The van der Waals surface area contributed by atoms with Gasteiger partial charge in [0.15, 0.2) is 0 Å². The molecule has 2 aromatic rings. The van der Waals surface area contributed by atoms with Crippen LogP contribution in [0.3, 0.4) is 0 Å². The average molecular weight is 588 g/mol. The molecule has 2 atom stereocenters. The van der Waals surface area contributed by atoms with Gasteiger partial charge >= 0.3 is 6.61 Å². The van der Waals surface area contributed by atoms with Gasteiger partial charge in [0, 0.05) is 45.1 Å². The third kappa shape index (κ3) is 6.86. The molecular weight excluding hydrogens is 548 g/mol. The van der Waals surface area contributed by atoms with E-state index in [2.05, 4.69) is 38.8 Å². The SMILES string of the molecule is Cl.O=C(CC1CC1)N1CC(CN2CCC3(CC2)CCN(Cc2ccc(OC(F)F)cc2)C3=O)C(c2ccccc2)C1. The molecule has 1 aliphatic carbocycles. The molecule has 6 nitrogen and oxygen atoms in total. The summed E-state index contributed by atoms with van der Waals surface area (Å²) in [5.41, 5.74) is 1.94. The van der Waals surface area contributed by atoms with Crippen LogP contribution in [0.1, 0.15) is 55.6 Å². The van der Waals surface area contributed by atoms with Gasteiger partial charge in [-0.25, -0.2) is 0 Å². The summed E-state index contributed by atoms with van der Waals surface area (Å²) in [5.74, 6) is 2.01. The molecule has 6 rings (SSSR count). The third-order valence-electron chi connectivity index (χ3n) is 9.61. The fraction of sp³-hybridized carbons (Fsp3) is 0.562. The lowest BCUT2D eigenvalue weighted by Gasteiger charge is -2.39. The Labute approximate surface area is 247 Å². The van der Waals surface area contributed by atoms with Gasteiger partial charge in [-0.2, -0.15) is 8.78 Å². The maximum Gasteiger partial charge on any atom is 0.387 e. The van der Waals surface area contributed by atoms with Crippen molar-refractivity contribution in [1.29, 1.82) is 0 Å². The number of nitrogens with zero attached hydrogens (tertiary/aromatic N) is 3. The van der Waals surface area contributed by atoms with Crippen molar-refractivity contribution in [3.63, 3.8) is 0 Å². The van der Waals surface area contributed by atoms with Crippen molar-refractivity contribution in [2.24, 2.45) is 17.3 Å². The zero-order chi connectivity index (χ0) is 27.7. The Morgan fingerprint density at radius 3 is 2.29 bits per heavy atom. The Morgan fingerprint density at radius 2 is 1.63 bits per heavy atom. The first-order valence-corrected chi connectivity index (χ1v) is 14.8. The maximum atomic E-state index is 13.5. The lowest BCUT2D eigenvalue weighted by molar-refractivity contribution is -0.139. The number of benzene rings is 2. The van der Waals surface area contributed by atoms with E-state index in [0.29, 0.717) is 36.6 Å². The van der Waals surface area contributed by atoms with Gasteiger partial charge in [-0.05, 0) is 80.3 Å². The Balaban J connectivity index is 0.00000337. The topological polar surface area (TPSA) is 53.1 Å². The van der Waals surface area contributed by atoms with Crippen molar-refractivity contribution in [1.82, 2.24) is 14.7 Å². The Morgan fingerprint density at radius 1 is 0.951 bits per heavy atom. The van der Waals surface area contributed by atoms with Gasteiger partial charge in [-0.15, -0.1) is 12.4 Å². The fourth-order valence-electron chi connectivity index (χ4n) is 7.04. The summed E-state index contributed by atoms with van der Waals surface area (Å²) in [4.78, 5) is 33.0. The van der Waals surface area contributed by atoms with Crippen molar-refractivity contribution in [2.75, 3.05) is 39.3 Å². The number of piperidine rings is 1. The van der Waals surface area contributed by atoms with E-state index in [4.69, 9.17) is 0 Å². The first-order chi connectivity index (χ1) is 19.4. The quantitative estimate of drug-likeness (QED) is 0.385. The van der Waals surface area contributed by atoms with Crippen LogP contribution in [0.2, 0.25) is 0 Å². The van der Waals surface area contributed by atoms with E-state index < -0.39 is 6.61 Å². The third-order valence-corrected chi connectivity index (χ3v) is 9.61. The average Bonchev–Trinajstić information content (AvgIpc) is 3.60.